The molecule has 0 radical (unpaired) electrons. The molecule has 4 aromatic rings. The normalized spacial score (nSPS) is 17.9. The predicted molar refractivity (Wildman–Crippen MR) is 133 cm³/mol. The Morgan fingerprint density at radius 1 is 1.06 bits per heavy atom. The highest BCUT2D eigenvalue weighted by atomic mass is 32.2. The fourth-order valence-electron chi connectivity index (χ4n) is 4.52. The average molecular weight is 504 g/mol. The number of nitrogens with two attached hydrogens (primary N) is 1. The summed E-state index contributed by atoms with van der Waals surface area (Å²) in [7, 11) is -3.81. The highest BCUT2D eigenvalue weighted by molar-refractivity contribution is 7.89. The minimum Gasteiger partial charge on any atom is -0.390 e. The summed E-state index contributed by atoms with van der Waals surface area (Å²) in [6.45, 7) is 0. The first kappa shape index (κ1) is 23.9. The SMILES string of the molecule is NS(=O)(=O)c1ccc(-c2cn([C@@H](Cc3ccccc3)C(=O)NC3c4ccccc4C[C@@H]3O)nn2)cc1. The van der Waals surface area contributed by atoms with Gasteiger partial charge in [0.15, 0.2) is 0 Å². The van der Waals surface area contributed by atoms with E-state index in [9.17, 15) is 18.3 Å². The Bertz CT molecular complexity index is 1490. The molecule has 184 valence electrons. The van der Waals surface area contributed by atoms with Gasteiger partial charge in [0.1, 0.15) is 11.7 Å². The van der Waals surface area contributed by atoms with Crippen LogP contribution in [-0.4, -0.2) is 40.5 Å². The van der Waals surface area contributed by atoms with Gasteiger partial charge in [0, 0.05) is 18.4 Å². The van der Waals surface area contributed by atoms with Crippen LogP contribution in [0.1, 0.15) is 28.8 Å². The second-order valence-corrected chi connectivity index (χ2v) is 10.4. The maximum atomic E-state index is 13.6. The Kier molecular flexibility index (Phi) is 6.40. The molecule has 1 aliphatic rings. The highest BCUT2D eigenvalue weighted by Crippen LogP contribution is 2.32. The van der Waals surface area contributed by atoms with Crippen LogP contribution in [-0.2, 0) is 27.7 Å². The van der Waals surface area contributed by atoms with E-state index in [1.807, 2.05) is 54.6 Å². The summed E-state index contributed by atoms with van der Waals surface area (Å²) in [4.78, 5) is 13.6. The Hall–Kier alpha value is -3.86. The molecule has 0 aliphatic heterocycles. The summed E-state index contributed by atoms with van der Waals surface area (Å²) in [6.07, 6.45) is 1.78. The van der Waals surface area contributed by atoms with E-state index in [1.54, 1.807) is 18.3 Å². The number of hydrogen-bond donors (Lipinski definition) is 3. The minimum absolute atomic E-state index is 0.00428. The summed E-state index contributed by atoms with van der Waals surface area (Å²) in [5, 5.41) is 27.3. The van der Waals surface area contributed by atoms with Gasteiger partial charge in [-0.25, -0.2) is 18.2 Å². The zero-order valence-corrected chi connectivity index (χ0v) is 20.0. The van der Waals surface area contributed by atoms with Gasteiger partial charge in [-0.3, -0.25) is 4.79 Å². The van der Waals surface area contributed by atoms with Crippen molar-refractivity contribution in [1.29, 1.82) is 0 Å². The van der Waals surface area contributed by atoms with Gasteiger partial charge in [0.25, 0.3) is 0 Å². The van der Waals surface area contributed by atoms with Crippen LogP contribution in [0.25, 0.3) is 11.3 Å². The third-order valence-corrected chi connectivity index (χ3v) is 7.31. The number of benzene rings is 3. The molecular weight excluding hydrogens is 478 g/mol. The molecule has 4 N–H and O–H groups in total. The summed E-state index contributed by atoms with van der Waals surface area (Å²) in [5.74, 6) is -0.291. The first-order chi connectivity index (χ1) is 17.3. The average Bonchev–Trinajstić information content (AvgIpc) is 3.48. The fraction of sp³-hybridized carbons (Fsp3) is 0.192. The highest BCUT2D eigenvalue weighted by Gasteiger charge is 2.34. The van der Waals surface area contributed by atoms with Crippen LogP contribution >= 0.6 is 0 Å². The Morgan fingerprint density at radius 3 is 2.47 bits per heavy atom. The van der Waals surface area contributed by atoms with Crippen LogP contribution in [0, 0.1) is 0 Å². The van der Waals surface area contributed by atoms with Gasteiger partial charge in [-0.05, 0) is 28.8 Å². The van der Waals surface area contributed by atoms with Crippen molar-refractivity contribution in [2.75, 3.05) is 0 Å². The molecular formula is C26H25N5O4S. The van der Waals surface area contributed by atoms with Crippen molar-refractivity contribution in [2.45, 2.75) is 35.9 Å². The number of aliphatic hydroxyl groups is 1. The monoisotopic (exact) mass is 503 g/mol. The number of aromatic nitrogens is 3. The number of sulfonamides is 1. The number of nitrogens with one attached hydrogen (secondary N) is 1. The van der Waals surface area contributed by atoms with Gasteiger partial charge in [0.2, 0.25) is 15.9 Å². The quantitative estimate of drug-likeness (QED) is 0.353. The second kappa shape index (κ2) is 9.65. The molecule has 3 aromatic carbocycles. The lowest BCUT2D eigenvalue weighted by Gasteiger charge is -2.23. The maximum Gasteiger partial charge on any atom is 0.245 e. The van der Waals surface area contributed by atoms with E-state index in [2.05, 4.69) is 15.6 Å². The van der Waals surface area contributed by atoms with E-state index in [4.69, 9.17) is 5.14 Å². The van der Waals surface area contributed by atoms with Crippen molar-refractivity contribution in [3.63, 3.8) is 0 Å². The number of carbonyl (C=O) groups is 1. The number of hydrogen-bond acceptors (Lipinski definition) is 6. The number of amides is 1. The molecule has 0 fully saturated rings. The van der Waals surface area contributed by atoms with Gasteiger partial charge in [-0.15, -0.1) is 5.10 Å². The standard InChI is InChI=1S/C26H25N5O4S/c27-36(34,35)20-12-10-18(11-13-20)22-16-31(30-29-22)23(14-17-6-2-1-3-7-17)26(33)28-25-21-9-5-4-8-19(21)15-24(25)32/h1-13,16,23-25,32H,14-15H2,(H,28,33)(H2,27,34,35)/t23-,24-,25?/m0/s1. The van der Waals surface area contributed by atoms with Crippen molar-refractivity contribution in [1.82, 2.24) is 20.3 Å². The van der Waals surface area contributed by atoms with Crippen molar-refractivity contribution >= 4 is 15.9 Å². The van der Waals surface area contributed by atoms with Gasteiger partial charge >= 0.3 is 0 Å². The summed E-state index contributed by atoms with van der Waals surface area (Å²) >= 11 is 0. The lowest BCUT2D eigenvalue weighted by atomic mass is 10.0. The van der Waals surface area contributed by atoms with Crippen LogP contribution in [0.3, 0.4) is 0 Å². The van der Waals surface area contributed by atoms with Gasteiger partial charge in [-0.1, -0.05) is 71.9 Å². The molecule has 10 heteroatoms. The Morgan fingerprint density at radius 2 is 1.75 bits per heavy atom. The van der Waals surface area contributed by atoms with E-state index >= 15 is 0 Å². The first-order valence-corrected chi connectivity index (χ1v) is 13.0. The summed E-state index contributed by atoms with van der Waals surface area (Å²) in [6, 6.07) is 22.0. The number of primary sulfonamides is 1. The Balaban J connectivity index is 1.43. The van der Waals surface area contributed by atoms with Crippen molar-refractivity contribution < 1.29 is 18.3 Å². The van der Waals surface area contributed by atoms with Crippen LogP contribution in [0.15, 0.2) is 90.0 Å². The summed E-state index contributed by atoms with van der Waals surface area (Å²) < 4.78 is 24.6. The molecule has 1 amide bonds. The third kappa shape index (κ3) is 4.92. The van der Waals surface area contributed by atoms with Crippen molar-refractivity contribution in [2.24, 2.45) is 5.14 Å². The number of nitrogens with zero attached hydrogens (tertiary/aromatic N) is 3. The summed E-state index contributed by atoms with van der Waals surface area (Å²) in [5.41, 5.74) is 3.98. The Labute approximate surface area is 208 Å². The van der Waals surface area contributed by atoms with E-state index in [-0.39, 0.29) is 10.8 Å². The predicted octanol–water partition coefficient (Wildman–Crippen LogP) is 2.15. The lowest BCUT2D eigenvalue weighted by Crippen LogP contribution is -2.39. The van der Waals surface area contributed by atoms with Crippen LogP contribution in [0.2, 0.25) is 0 Å². The number of rotatable bonds is 7. The molecule has 3 atom stereocenters. The molecule has 1 heterocycles. The molecule has 1 aliphatic carbocycles. The van der Waals surface area contributed by atoms with E-state index < -0.39 is 28.2 Å². The van der Waals surface area contributed by atoms with E-state index in [1.165, 1.54) is 16.8 Å². The van der Waals surface area contributed by atoms with Crippen molar-refractivity contribution in [3.05, 3.63) is 102 Å². The third-order valence-electron chi connectivity index (χ3n) is 6.38. The van der Waals surface area contributed by atoms with Crippen LogP contribution < -0.4 is 10.5 Å². The number of aliphatic hydroxyl groups excluding tert-OH is 1. The molecule has 0 saturated heterocycles. The zero-order valence-electron chi connectivity index (χ0n) is 19.2. The van der Waals surface area contributed by atoms with Gasteiger partial charge in [-0.2, -0.15) is 0 Å². The molecule has 1 unspecified atom stereocenters. The zero-order chi connectivity index (χ0) is 25.3. The molecule has 0 saturated carbocycles. The van der Waals surface area contributed by atoms with E-state index in [0.29, 0.717) is 24.1 Å². The van der Waals surface area contributed by atoms with Gasteiger partial charge < -0.3 is 10.4 Å². The smallest absolute Gasteiger partial charge is 0.245 e. The van der Waals surface area contributed by atoms with E-state index in [0.717, 1.165) is 16.7 Å². The van der Waals surface area contributed by atoms with Crippen LogP contribution in [0.5, 0.6) is 0 Å². The minimum atomic E-state index is -3.81. The maximum absolute atomic E-state index is 13.6. The van der Waals surface area contributed by atoms with Crippen LogP contribution in [0.4, 0.5) is 0 Å². The molecule has 0 bridgehead atoms. The van der Waals surface area contributed by atoms with Crippen molar-refractivity contribution in [3.8, 4) is 11.3 Å². The molecule has 1 aromatic heterocycles. The first-order valence-electron chi connectivity index (χ1n) is 11.4. The molecule has 5 rings (SSSR count). The number of carbonyl (C=O) groups excluding carboxylic acids is 1. The fourth-order valence-corrected chi connectivity index (χ4v) is 5.03. The molecule has 0 spiro atoms. The topological polar surface area (TPSA) is 140 Å². The number of fused-ring (bicyclic) bond motifs is 1. The lowest BCUT2D eigenvalue weighted by molar-refractivity contribution is -0.126. The second-order valence-electron chi connectivity index (χ2n) is 8.82. The largest absolute Gasteiger partial charge is 0.390 e. The molecule has 36 heavy (non-hydrogen) atoms. The van der Waals surface area contributed by atoms with Gasteiger partial charge in [0.05, 0.1) is 23.2 Å². The molecule has 9 nitrogen and oxygen atoms in total.